The van der Waals surface area contributed by atoms with Crippen LogP contribution in [0.4, 0.5) is 13.2 Å². The van der Waals surface area contributed by atoms with Crippen molar-refractivity contribution in [2.45, 2.75) is 26.6 Å². The van der Waals surface area contributed by atoms with Crippen LogP contribution in [0.3, 0.4) is 0 Å². The maximum absolute atomic E-state index is 11.8. The molecule has 0 spiro atoms. The third-order valence-corrected chi connectivity index (χ3v) is 1.14. The van der Waals surface area contributed by atoms with Gasteiger partial charge in [-0.3, -0.25) is 0 Å². The molecule has 5 nitrogen and oxygen atoms in total. The Morgan fingerprint density at radius 1 is 1.53 bits per heavy atom. The maximum atomic E-state index is 11.8. The van der Waals surface area contributed by atoms with Crippen LogP contribution in [0, 0.1) is 0 Å². The summed E-state index contributed by atoms with van der Waals surface area (Å²) in [5.74, 6) is -2.26. The Balaban J connectivity index is 0.000000921. The number of carboxylic acids is 1. The summed E-state index contributed by atoms with van der Waals surface area (Å²) in [6.45, 7) is 2.55. The molecule has 0 saturated carbocycles. The van der Waals surface area contributed by atoms with E-state index in [1.807, 2.05) is 13.8 Å². The second-order valence-corrected chi connectivity index (χ2v) is 2.16. The number of hydrogen-bond donors (Lipinski definition) is 1. The summed E-state index contributed by atoms with van der Waals surface area (Å²) in [7, 11) is 0. The number of carboxylic acid groups (broad SMARTS) is 1. The molecule has 0 atom stereocenters. The summed E-state index contributed by atoms with van der Waals surface area (Å²) >= 11 is 0. The molecule has 0 radical (unpaired) electrons. The predicted octanol–water partition coefficient (Wildman–Crippen LogP) is 1.56. The van der Waals surface area contributed by atoms with Gasteiger partial charge in [0.05, 0.1) is 0 Å². The van der Waals surface area contributed by atoms with Crippen molar-refractivity contribution < 1.29 is 23.1 Å². The van der Waals surface area contributed by atoms with E-state index in [1.165, 1.54) is 0 Å². The molecule has 0 aromatic carbocycles. The predicted molar refractivity (Wildman–Crippen MR) is 44.4 cm³/mol. The molecule has 15 heavy (non-hydrogen) atoms. The molecule has 8 heteroatoms. The van der Waals surface area contributed by atoms with E-state index >= 15 is 0 Å². The van der Waals surface area contributed by atoms with Crippen LogP contribution in [0.5, 0.6) is 0 Å². The molecule has 0 saturated heterocycles. The Labute approximate surface area is 83.5 Å². The first kappa shape index (κ1) is 13.4. The minimum Gasteiger partial charge on any atom is -0.475 e. The minimum atomic E-state index is -4.50. The van der Waals surface area contributed by atoms with Crippen LogP contribution >= 0.6 is 0 Å². The second-order valence-electron chi connectivity index (χ2n) is 2.16. The van der Waals surface area contributed by atoms with Crippen molar-refractivity contribution in [3.05, 3.63) is 12.2 Å². The molecule has 0 aliphatic rings. The normalized spacial score (nSPS) is 10.5. The lowest BCUT2D eigenvalue weighted by atomic mass is 10.5. The molecule has 0 aliphatic heterocycles. The zero-order chi connectivity index (χ0) is 12.1. The molecule has 0 bridgehead atoms. The second kappa shape index (κ2) is 5.32. The molecule has 1 aromatic rings. The Hall–Kier alpha value is -1.60. The van der Waals surface area contributed by atoms with Crippen LogP contribution < -0.4 is 0 Å². The van der Waals surface area contributed by atoms with Gasteiger partial charge in [-0.15, -0.1) is 0 Å². The quantitative estimate of drug-likeness (QED) is 0.829. The molecular weight excluding hydrogens is 215 g/mol. The van der Waals surface area contributed by atoms with Crippen molar-refractivity contribution in [1.82, 2.24) is 14.8 Å². The Kier molecular flexibility index (Phi) is 4.75. The van der Waals surface area contributed by atoms with Gasteiger partial charge in [-0.05, 0) is 0 Å². The monoisotopic (exact) mass is 225 g/mol. The third-order valence-electron chi connectivity index (χ3n) is 1.14. The van der Waals surface area contributed by atoms with Gasteiger partial charge in [0.2, 0.25) is 5.82 Å². The fraction of sp³-hybridized carbons (Fsp3) is 0.571. The molecule has 0 unspecified atom stereocenters. The van der Waals surface area contributed by atoms with Gasteiger partial charge in [0.15, 0.2) is 0 Å². The molecule has 0 fully saturated rings. The number of nitrogens with zero attached hydrogens (tertiary/aromatic N) is 3. The highest BCUT2D eigenvalue weighted by Gasteiger charge is 2.30. The van der Waals surface area contributed by atoms with Gasteiger partial charge in [0.1, 0.15) is 12.9 Å². The Morgan fingerprint density at radius 2 is 2.07 bits per heavy atom. The number of aromatic nitrogens is 3. The van der Waals surface area contributed by atoms with Crippen molar-refractivity contribution >= 4 is 5.97 Å². The molecular formula is C7H10F3N3O2. The fourth-order valence-electron chi connectivity index (χ4n) is 0.715. The van der Waals surface area contributed by atoms with Crippen LogP contribution in [0.25, 0.3) is 0 Å². The first-order valence-corrected chi connectivity index (χ1v) is 4.08. The smallest absolute Gasteiger partial charge is 0.408 e. The number of halogens is 3. The first-order valence-electron chi connectivity index (χ1n) is 4.08. The van der Waals surface area contributed by atoms with Gasteiger partial charge >= 0.3 is 12.1 Å². The van der Waals surface area contributed by atoms with Gasteiger partial charge in [-0.2, -0.15) is 18.3 Å². The van der Waals surface area contributed by atoms with Gasteiger partial charge in [-0.1, -0.05) is 13.8 Å². The van der Waals surface area contributed by atoms with Crippen LogP contribution in [0.2, 0.25) is 0 Å². The summed E-state index contributed by atoms with van der Waals surface area (Å²) in [5, 5.41) is 11.5. The van der Waals surface area contributed by atoms with Crippen molar-refractivity contribution in [2.24, 2.45) is 0 Å². The van der Waals surface area contributed by atoms with E-state index in [0.29, 0.717) is 0 Å². The Morgan fingerprint density at radius 3 is 2.47 bits per heavy atom. The summed E-state index contributed by atoms with van der Waals surface area (Å²) in [4.78, 5) is 13.4. The van der Waals surface area contributed by atoms with Crippen LogP contribution in [0.1, 0.15) is 24.5 Å². The standard InChI is InChI=1S/C5H4F3N3O2.C2H6/c6-5(7,8)1-11-3(4(12)13)9-2-10-11;1-2/h2H,1H2,(H,12,13);1-2H3. The van der Waals surface area contributed by atoms with E-state index < -0.39 is 24.5 Å². The van der Waals surface area contributed by atoms with Crippen LogP contribution in [-0.4, -0.2) is 32.0 Å². The van der Waals surface area contributed by atoms with E-state index in [4.69, 9.17) is 5.11 Å². The molecule has 1 N–H and O–H groups in total. The Bertz CT molecular complexity index is 322. The highest BCUT2D eigenvalue weighted by atomic mass is 19.4. The van der Waals surface area contributed by atoms with E-state index in [0.717, 1.165) is 6.33 Å². The molecule has 1 aromatic heterocycles. The molecule has 1 heterocycles. The van der Waals surface area contributed by atoms with Gasteiger partial charge in [-0.25, -0.2) is 14.5 Å². The third kappa shape index (κ3) is 4.43. The lowest BCUT2D eigenvalue weighted by molar-refractivity contribution is -0.142. The lowest BCUT2D eigenvalue weighted by Gasteiger charge is -2.06. The first-order chi connectivity index (χ1) is 6.90. The van der Waals surface area contributed by atoms with E-state index in [1.54, 1.807) is 0 Å². The highest BCUT2D eigenvalue weighted by Crippen LogP contribution is 2.17. The average Bonchev–Trinajstić information content (AvgIpc) is 2.53. The lowest BCUT2D eigenvalue weighted by Crippen LogP contribution is -2.22. The molecule has 86 valence electrons. The summed E-state index contributed by atoms with van der Waals surface area (Å²) < 4.78 is 35.6. The van der Waals surface area contributed by atoms with Crippen molar-refractivity contribution in [3.63, 3.8) is 0 Å². The molecule has 0 aliphatic carbocycles. The SMILES string of the molecule is CC.O=C(O)c1ncnn1CC(F)(F)F. The van der Waals surface area contributed by atoms with Gasteiger partial charge in [0, 0.05) is 0 Å². The van der Waals surface area contributed by atoms with Crippen molar-refractivity contribution in [3.8, 4) is 0 Å². The van der Waals surface area contributed by atoms with E-state index in [2.05, 4.69) is 10.1 Å². The number of hydrogen-bond acceptors (Lipinski definition) is 3. The number of alkyl halides is 3. The minimum absolute atomic E-state index is 0.280. The maximum Gasteiger partial charge on any atom is 0.408 e. The fourth-order valence-corrected chi connectivity index (χ4v) is 0.715. The van der Waals surface area contributed by atoms with Crippen LogP contribution in [0.15, 0.2) is 6.33 Å². The number of aromatic carboxylic acids is 1. The van der Waals surface area contributed by atoms with Gasteiger partial charge < -0.3 is 5.11 Å². The summed E-state index contributed by atoms with van der Waals surface area (Å²) in [6.07, 6.45) is -3.74. The summed E-state index contributed by atoms with van der Waals surface area (Å²) in [5.41, 5.74) is 0. The largest absolute Gasteiger partial charge is 0.475 e. The molecule has 1 rings (SSSR count). The number of carbonyl (C=O) groups is 1. The number of rotatable bonds is 2. The molecule has 0 amide bonds. The van der Waals surface area contributed by atoms with Crippen molar-refractivity contribution in [2.75, 3.05) is 0 Å². The summed E-state index contributed by atoms with van der Waals surface area (Å²) in [6, 6.07) is 0. The van der Waals surface area contributed by atoms with E-state index in [-0.39, 0.29) is 4.68 Å². The van der Waals surface area contributed by atoms with Gasteiger partial charge in [0.25, 0.3) is 0 Å². The average molecular weight is 225 g/mol. The zero-order valence-electron chi connectivity index (χ0n) is 8.12. The highest BCUT2D eigenvalue weighted by molar-refractivity contribution is 5.83. The van der Waals surface area contributed by atoms with Crippen molar-refractivity contribution in [1.29, 1.82) is 0 Å². The topological polar surface area (TPSA) is 68.0 Å². The van der Waals surface area contributed by atoms with E-state index in [9.17, 15) is 18.0 Å². The zero-order valence-corrected chi connectivity index (χ0v) is 8.12. The van der Waals surface area contributed by atoms with Crippen LogP contribution in [-0.2, 0) is 6.54 Å².